The third kappa shape index (κ3) is 5.32. The molecule has 2 aliphatic heterocycles. The molecule has 1 aromatic carbocycles. The average molecular weight is 538 g/mol. The van der Waals surface area contributed by atoms with Gasteiger partial charge in [0.1, 0.15) is 10.7 Å². The number of nitrogens with zero attached hydrogens (tertiary/aromatic N) is 5. The number of benzene rings is 1. The zero-order valence-electron chi connectivity index (χ0n) is 20.5. The number of anilines is 1. The van der Waals surface area contributed by atoms with Crippen molar-refractivity contribution < 1.29 is 13.5 Å². The van der Waals surface area contributed by atoms with E-state index in [0.717, 1.165) is 35.6 Å². The molecule has 3 unspecified atom stereocenters. The molecule has 0 bridgehead atoms. The molecule has 1 aliphatic carbocycles. The second-order valence-corrected chi connectivity index (χ2v) is 10.7. The van der Waals surface area contributed by atoms with Gasteiger partial charge in [-0.1, -0.05) is 35.3 Å². The van der Waals surface area contributed by atoms with Crippen molar-refractivity contribution in [3.05, 3.63) is 52.4 Å². The van der Waals surface area contributed by atoms with E-state index in [9.17, 15) is 8.78 Å². The Kier molecular flexibility index (Phi) is 7.41. The summed E-state index contributed by atoms with van der Waals surface area (Å²) in [5.74, 6) is -3.27. The van der Waals surface area contributed by atoms with Crippen molar-refractivity contribution >= 4 is 40.1 Å². The maximum absolute atomic E-state index is 14.1. The summed E-state index contributed by atoms with van der Waals surface area (Å²) in [6, 6.07) is 8.92. The number of rotatable bonds is 4. The fraction of sp³-hybridized carbons (Fsp3) is 0.538. The first-order valence-electron chi connectivity index (χ1n) is 12.4. The number of fused-ring (bicyclic) bond motifs is 1. The third-order valence-corrected chi connectivity index (χ3v) is 7.72. The monoisotopic (exact) mass is 537 g/mol. The van der Waals surface area contributed by atoms with Crippen LogP contribution in [0.5, 0.6) is 0 Å². The predicted molar refractivity (Wildman–Crippen MR) is 139 cm³/mol. The first-order valence-corrected chi connectivity index (χ1v) is 13.2. The van der Waals surface area contributed by atoms with Crippen LogP contribution in [0.3, 0.4) is 0 Å². The molecule has 2 saturated heterocycles. The zero-order valence-corrected chi connectivity index (χ0v) is 22.0. The highest BCUT2D eigenvalue weighted by atomic mass is 35.5. The van der Waals surface area contributed by atoms with Crippen LogP contribution in [0.25, 0.3) is 11.2 Å². The van der Waals surface area contributed by atoms with Gasteiger partial charge in [-0.15, -0.1) is 0 Å². The summed E-state index contributed by atoms with van der Waals surface area (Å²) in [5.41, 5.74) is 3.36. The van der Waals surface area contributed by atoms with Gasteiger partial charge in [0.2, 0.25) is 0 Å². The molecule has 4 heterocycles. The van der Waals surface area contributed by atoms with Gasteiger partial charge in [-0.25, -0.2) is 18.7 Å². The summed E-state index contributed by atoms with van der Waals surface area (Å²) in [5, 5.41) is 1.02. The third-order valence-electron chi connectivity index (χ3n) is 7.27. The Morgan fingerprint density at radius 3 is 2.39 bits per heavy atom. The fourth-order valence-electron chi connectivity index (χ4n) is 5.31. The van der Waals surface area contributed by atoms with Crippen LogP contribution >= 0.6 is 23.2 Å². The molecule has 3 aromatic rings. The molecule has 0 amide bonds. The lowest BCUT2D eigenvalue weighted by Gasteiger charge is -2.44. The molecule has 10 heteroatoms. The number of imidazole rings is 1. The van der Waals surface area contributed by atoms with Gasteiger partial charge in [0.25, 0.3) is 5.92 Å². The number of pyridine rings is 1. The summed E-state index contributed by atoms with van der Waals surface area (Å²) >= 11 is 12.3. The Morgan fingerprint density at radius 1 is 1.11 bits per heavy atom. The van der Waals surface area contributed by atoms with E-state index >= 15 is 0 Å². The molecule has 0 radical (unpaired) electrons. The van der Waals surface area contributed by atoms with Gasteiger partial charge in [0.05, 0.1) is 12.0 Å². The summed E-state index contributed by atoms with van der Waals surface area (Å²) in [7, 11) is 1.89. The van der Waals surface area contributed by atoms with E-state index in [2.05, 4.69) is 26.7 Å². The molecular formula is C26H31Cl2F2N5O. The van der Waals surface area contributed by atoms with Crippen LogP contribution in [0.2, 0.25) is 10.2 Å². The Labute approximate surface area is 220 Å². The van der Waals surface area contributed by atoms with Gasteiger partial charge < -0.3 is 14.2 Å². The van der Waals surface area contributed by atoms with Gasteiger partial charge in [-0.2, -0.15) is 0 Å². The highest BCUT2D eigenvalue weighted by molar-refractivity contribution is 6.30. The number of hydrogen-bond donors (Lipinski definition) is 0. The highest BCUT2D eigenvalue weighted by Gasteiger charge is 2.62. The Bertz CT molecular complexity index is 1190. The van der Waals surface area contributed by atoms with Crippen LogP contribution in [0.1, 0.15) is 37.8 Å². The molecule has 194 valence electrons. The molecule has 1 saturated carbocycles. The molecule has 6 nitrogen and oxygen atoms in total. The van der Waals surface area contributed by atoms with Crippen LogP contribution in [-0.2, 0) is 11.8 Å². The first kappa shape index (κ1) is 25.6. The number of hydrogen-bond acceptors (Lipinski definition) is 5. The molecular weight excluding hydrogens is 507 g/mol. The lowest BCUT2D eigenvalue weighted by atomic mass is 9.98. The summed E-state index contributed by atoms with van der Waals surface area (Å²) in [6.45, 7) is 6.13. The second kappa shape index (κ2) is 10.4. The van der Waals surface area contributed by atoms with Crippen molar-refractivity contribution in [3.8, 4) is 0 Å². The van der Waals surface area contributed by atoms with Crippen LogP contribution in [0, 0.1) is 5.92 Å². The van der Waals surface area contributed by atoms with Crippen LogP contribution < -0.4 is 4.90 Å². The minimum atomic E-state index is -2.61. The number of piperazine rings is 1. The van der Waals surface area contributed by atoms with Gasteiger partial charge in [-0.05, 0) is 37.5 Å². The van der Waals surface area contributed by atoms with Crippen molar-refractivity contribution in [1.82, 2.24) is 19.4 Å². The van der Waals surface area contributed by atoms with E-state index in [4.69, 9.17) is 27.9 Å². The SMILES string of the molecule is C1CCOC1.CC1CN(C(c2ccc(Cl)cc2)C2CC2(F)F)CCN1c1cc(Cl)nc2c1ncn2C. The Morgan fingerprint density at radius 2 is 1.81 bits per heavy atom. The van der Waals surface area contributed by atoms with Crippen molar-refractivity contribution in [2.45, 2.75) is 44.2 Å². The summed E-state index contributed by atoms with van der Waals surface area (Å²) < 4.78 is 35.1. The standard InChI is InChI=1S/C22H23Cl2F2N5.C4H8O/c1-13-11-30(20(16-10-22(16,25)26)14-3-5-15(23)6-4-14)7-8-31(13)17-9-18(24)28-21-19(17)27-12-29(21)2;1-2-4-5-3-1/h3-6,9,12-13,16,20H,7-8,10-11H2,1-2H3;1-4H2. The number of ether oxygens (including phenoxy) is 1. The molecule has 0 N–H and O–H groups in total. The molecule has 0 spiro atoms. The maximum atomic E-state index is 14.1. The minimum absolute atomic E-state index is 0.0661. The largest absolute Gasteiger partial charge is 0.381 e. The van der Waals surface area contributed by atoms with Gasteiger partial charge in [0.15, 0.2) is 5.65 Å². The molecule has 36 heavy (non-hydrogen) atoms. The minimum Gasteiger partial charge on any atom is -0.381 e. The van der Waals surface area contributed by atoms with Crippen LogP contribution in [0.4, 0.5) is 14.5 Å². The number of halogens is 4. The van der Waals surface area contributed by atoms with Crippen molar-refractivity contribution in [1.29, 1.82) is 0 Å². The lowest BCUT2D eigenvalue weighted by Crippen LogP contribution is -2.53. The molecule has 3 aliphatic rings. The van der Waals surface area contributed by atoms with Gasteiger partial charge in [0, 0.05) is 75.4 Å². The van der Waals surface area contributed by atoms with E-state index < -0.39 is 11.8 Å². The Hall–Kier alpha value is -2.00. The number of alkyl halides is 2. The van der Waals surface area contributed by atoms with Gasteiger partial charge in [-0.3, -0.25) is 4.90 Å². The van der Waals surface area contributed by atoms with Crippen molar-refractivity contribution in [2.24, 2.45) is 13.0 Å². The fourth-order valence-corrected chi connectivity index (χ4v) is 5.62. The first-order chi connectivity index (χ1) is 17.2. The normalized spacial score (nSPS) is 24.4. The zero-order chi connectivity index (χ0) is 25.4. The molecule has 2 aromatic heterocycles. The topological polar surface area (TPSA) is 46.4 Å². The van der Waals surface area contributed by atoms with Crippen LogP contribution in [-0.4, -0.2) is 64.2 Å². The molecule has 3 atom stereocenters. The second-order valence-electron chi connectivity index (χ2n) is 9.92. The van der Waals surface area contributed by atoms with Crippen molar-refractivity contribution in [2.75, 3.05) is 37.7 Å². The predicted octanol–water partition coefficient (Wildman–Crippen LogP) is 5.98. The summed E-state index contributed by atoms with van der Waals surface area (Å²) in [6.07, 6.45) is 4.22. The smallest absolute Gasteiger partial charge is 0.253 e. The van der Waals surface area contributed by atoms with Gasteiger partial charge >= 0.3 is 0 Å². The quantitative estimate of drug-likeness (QED) is 0.383. The van der Waals surface area contributed by atoms with E-state index in [1.165, 1.54) is 12.8 Å². The molecule has 6 rings (SSSR count). The maximum Gasteiger partial charge on any atom is 0.253 e. The number of aromatic nitrogens is 3. The number of aryl methyl sites for hydroxylation is 1. The summed E-state index contributed by atoms with van der Waals surface area (Å²) in [4.78, 5) is 13.3. The molecule has 3 fully saturated rings. The van der Waals surface area contributed by atoms with E-state index in [1.807, 2.05) is 29.8 Å². The van der Waals surface area contributed by atoms with E-state index in [1.54, 1.807) is 18.5 Å². The lowest BCUT2D eigenvalue weighted by molar-refractivity contribution is 0.0570. The van der Waals surface area contributed by atoms with Crippen molar-refractivity contribution in [3.63, 3.8) is 0 Å². The van der Waals surface area contributed by atoms with E-state index in [0.29, 0.717) is 29.8 Å². The average Bonchev–Trinajstić information content (AvgIpc) is 3.25. The Balaban J connectivity index is 0.000000477. The highest BCUT2D eigenvalue weighted by Crippen LogP contribution is 2.57. The van der Waals surface area contributed by atoms with Crippen LogP contribution in [0.15, 0.2) is 36.7 Å². The van der Waals surface area contributed by atoms with E-state index in [-0.39, 0.29) is 18.5 Å².